The largest absolute Gasteiger partial charge is 0.540 e. The third-order valence-electron chi connectivity index (χ3n) is 2.67. The first-order valence-corrected chi connectivity index (χ1v) is 6.28. The molecule has 0 aliphatic heterocycles. The molecule has 0 aliphatic rings. The minimum absolute atomic E-state index is 0.0501. The molecule has 0 aromatic heterocycles. The van der Waals surface area contributed by atoms with Crippen molar-refractivity contribution in [1.82, 2.24) is 0 Å². The zero-order chi connectivity index (χ0) is 15.9. The lowest BCUT2D eigenvalue weighted by atomic mass is 10.2. The number of para-hydroxylation sites is 1. The first-order valence-electron chi connectivity index (χ1n) is 6.28. The molecule has 0 amide bonds. The number of hydrogen-bond donors (Lipinski definition) is 0. The Balaban J connectivity index is 2.07. The summed E-state index contributed by atoms with van der Waals surface area (Å²) in [6, 6.07) is 13.9. The Morgan fingerprint density at radius 2 is 1.45 bits per heavy atom. The summed E-state index contributed by atoms with van der Waals surface area (Å²) in [5.41, 5.74) is 0.259. The van der Waals surface area contributed by atoms with E-state index in [1.807, 2.05) is 0 Å². The van der Waals surface area contributed by atoms with Gasteiger partial charge in [-0.25, -0.2) is 14.4 Å². The van der Waals surface area contributed by atoms with Gasteiger partial charge in [0.1, 0.15) is 11.3 Å². The zero-order valence-electron chi connectivity index (χ0n) is 11.6. The molecular formula is C15H11BO6. The third-order valence-corrected chi connectivity index (χ3v) is 2.67. The number of carbonyl (C=O) groups is 3. The molecule has 0 heterocycles. The lowest BCUT2D eigenvalue weighted by Crippen LogP contribution is -2.18. The average molecular weight is 298 g/mol. The minimum Gasteiger partial charge on any atom is -0.540 e. The first-order chi connectivity index (χ1) is 10.6. The van der Waals surface area contributed by atoms with E-state index in [-0.39, 0.29) is 16.9 Å². The van der Waals surface area contributed by atoms with Gasteiger partial charge in [0.25, 0.3) is 0 Å². The van der Waals surface area contributed by atoms with Gasteiger partial charge in [-0.15, -0.1) is 0 Å². The highest BCUT2D eigenvalue weighted by atomic mass is 16.7. The van der Waals surface area contributed by atoms with E-state index < -0.39 is 18.1 Å². The van der Waals surface area contributed by atoms with E-state index in [1.54, 1.807) is 30.3 Å². The van der Waals surface area contributed by atoms with Gasteiger partial charge in [-0.1, -0.05) is 30.3 Å². The molecule has 2 aromatic carbocycles. The topological polar surface area (TPSA) is 78.9 Å². The predicted molar refractivity (Wildman–Crippen MR) is 78.3 cm³/mol. The van der Waals surface area contributed by atoms with Crippen LogP contribution in [0.2, 0.25) is 0 Å². The highest BCUT2D eigenvalue weighted by Gasteiger charge is 2.18. The van der Waals surface area contributed by atoms with Crippen molar-refractivity contribution in [3.63, 3.8) is 0 Å². The van der Waals surface area contributed by atoms with Crippen LogP contribution in [0.15, 0.2) is 54.6 Å². The molecule has 0 radical (unpaired) electrons. The van der Waals surface area contributed by atoms with Gasteiger partial charge >= 0.3 is 26.1 Å². The molecule has 6 nitrogen and oxygen atoms in total. The smallest absolute Gasteiger partial charge is 0.522 e. The predicted octanol–water partition coefficient (Wildman–Crippen LogP) is 1.75. The van der Waals surface area contributed by atoms with Crippen LogP contribution in [0, 0.1) is 0 Å². The quantitative estimate of drug-likeness (QED) is 0.372. The van der Waals surface area contributed by atoms with Gasteiger partial charge in [0.05, 0.1) is 5.56 Å². The molecule has 0 saturated heterocycles. The number of esters is 1. The van der Waals surface area contributed by atoms with Crippen molar-refractivity contribution >= 4 is 26.1 Å². The zero-order valence-corrected chi connectivity index (χ0v) is 11.6. The molecule has 0 N–H and O–H groups in total. The van der Waals surface area contributed by atoms with Crippen LogP contribution in [0.5, 0.6) is 5.75 Å². The standard InChI is InChI=1S/C15H11BO6/c16-22-14(18)11-8-4-5-9-12(11)20-15(19)21-13(17)10-6-2-1-3-7-10/h1-9H,16H2. The van der Waals surface area contributed by atoms with Gasteiger partial charge < -0.3 is 14.1 Å². The second-order valence-corrected chi connectivity index (χ2v) is 4.10. The van der Waals surface area contributed by atoms with Crippen LogP contribution in [0.3, 0.4) is 0 Å². The number of benzene rings is 2. The van der Waals surface area contributed by atoms with Crippen LogP contribution in [-0.2, 0) is 9.39 Å². The van der Waals surface area contributed by atoms with E-state index in [0.29, 0.717) is 0 Å². The molecule has 0 saturated carbocycles. The Labute approximate surface area is 127 Å². The van der Waals surface area contributed by atoms with Gasteiger partial charge in [0.2, 0.25) is 0 Å². The number of carbonyl (C=O) groups excluding carboxylic acids is 3. The summed E-state index contributed by atoms with van der Waals surface area (Å²) in [6.45, 7) is 0. The molecule has 0 aliphatic carbocycles. The summed E-state index contributed by atoms with van der Waals surface area (Å²) in [4.78, 5) is 34.9. The van der Waals surface area contributed by atoms with Crippen molar-refractivity contribution in [1.29, 1.82) is 0 Å². The summed E-state index contributed by atoms with van der Waals surface area (Å²) in [5.74, 6) is -1.57. The van der Waals surface area contributed by atoms with Gasteiger partial charge in [0.15, 0.2) is 0 Å². The monoisotopic (exact) mass is 298 g/mol. The Kier molecular flexibility index (Phi) is 4.92. The van der Waals surface area contributed by atoms with Crippen molar-refractivity contribution < 1.29 is 28.5 Å². The Morgan fingerprint density at radius 1 is 0.818 bits per heavy atom. The molecule has 0 unspecified atom stereocenters. The summed E-state index contributed by atoms with van der Waals surface area (Å²) >= 11 is 0. The molecular weight excluding hydrogens is 287 g/mol. The van der Waals surface area contributed by atoms with Crippen LogP contribution in [0.25, 0.3) is 0 Å². The van der Waals surface area contributed by atoms with E-state index in [0.717, 1.165) is 0 Å². The van der Waals surface area contributed by atoms with E-state index >= 15 is 0 Å². The van der Waals surface area contributed by atoms with Crippen molar-refractivity contribution in [3.05, 3.63) is 65.7 Å². The number of hydrogen-bond acceptors (Lipinski definition) is 6. The van der Waals surface area contributed by atoms with E-state index in [1.165, 1.54) is 32.3 Å². The minimum atomic E-state index is -1.23. The lowest BCUT2D eigenvalue weighted by molar-refractivity contribution is 0.0529. The van der Waals surface area contributed by atoms with Crippen molar-refractivity contribution in [2.24, 2.45) is 0 Å². The molecule has 7 heteroatoms. The van der Waals surface area contributed by atoms with Gasteiger partial charge in [0, 0.05) is 0 Å². The van der Waals surface area contributed by atoms with E-state index in [2.05, 4.69) is 9.39 Å². The maximum atomic E-state index is 11.7. The molecule has 0 atom stereocenters. The summed E-state index contributed by atoms with van der Waals surface area (Å²) < 4.78 is 14.0. The fourth-order valence-electron chi connectivity index (χ4n) is 1.65. The van der Waals surface area contributed by atoms with Crippen molar-refractivity contribution in [2.45, 2.75) is 0 Å². The molecule has 0 fully saturated rings. The second-order valence-electron chi connectivity index (χ2n) is 4.10. The number of ether oxygens (including phenoxy) is 2. The van der Waals surface area contributed by atoms with Gasteiger partial charge in [-0.05, 0) is 24.3 Å². The Bertz CT molecular complexity index is 698. The average Bonchev–Trinajstić information content (AvgIpc) is 2.55. The maximum absolute atomic E-state index is 11.7. The van der Waals surface area contributed by atoms with Crippen LogP contribution in [-0.4, -0.2) is 26.1 Å². The Hall–Kier alpha value is -3.09. The third kappa shape index (κ3) is 3.72. The number of rotatable bonds is 3. The van der Waals surface area contributed by atoms with Crippen LogP contribution in [0.4, 0.5) is 4.79 Å². The van der Waals surface area contributed by atoms with Crippen molar-refractivity contribution in [2.75, 3.05) is 0 Å². The molecule has 0 bridgehead atoms. The fraction of sp³-hybridized carbons (Fsp3) is 0. The molecule has 110 valence electrons. The van der Waals surface area contributed by atoms with Crippen molar-refractivity contribution in [3.8, 4) is 5.75 Å². The summed E-state index contributed by atoms with van der Waals surface area (Å²) in [6.07, 6.45) is -1.23. The lowest BCUT2D eigenvalue weighted by Gasteiger charge is -2.08. The normalized spacial score (nSPS) is 9.64. The summed E-state index contributed by atoms with van der Waals surface area (Å²) in [7, 11) is 1.20. The first kappa shape index (κ1) is 15.3. The molecule has 2 aromatic rings. The van der Waals surface area contributed by atoms with Crippen LogP contribution < -0.4 is 4.74 Å². The molecule has 2 rings (SSSR count). The van der Waals surface area contributed by atoms with Gasteiger partial charge in [-0.3, -0.25) is 0 Å². The van der Waals surface area contributed by atoms with Gasteiger partial charge in [-0.2, -0.15) is 0 Å². The van der Waals surface area contributed by atoms with E-state index in [9.17, 15) is 14.4 Å². The Morgan fingerprint density at radius 3 is 2.14 bits per heavy atom. The fourth-order valence-corrected chi connectivity index (χ4v) is 1.65. The van der Waals surface area contributed by atoms with Crippen LogP contribution >= 0.6 is 0 Å². The molecule has 0 spiro atoms. The second kappa shape index (κ2) is 7.08. The van der Waals surface area contributed by atoms with E-state index in [4.69, 9.17) is 4.74 Å². The molecule has 22 heavy (non-hydrogen) atoms. The highest BCUT2D eigenvalue weighted by Crippen LogP contribution is 2.19. The highest BCUT2D eigenvalue weighted by molar-refractivity contribution is 6.10. The van der Waals surface area contributed by atoms with Crippen LogP contribution in [0.1, 0.15) is 20.7 Å². The summed E-state index contributed by atoms with van der Waals surface area (Å²) in [5, 5.41) is 0. The SMILES string of the molecule is BOC(=O)c1ccccc1OC(=O)OC(=O)c1ccccc1. The maximum Gasteiger partial charge on any atom is 0.522 e.